The van der Waals surface area contributed by atoms with Crippen LogP contribution in [0.3, 0.4) is 0 Å². The van der Waals surface area contributed by atoms with Crippen LogP contribution >= 0.6 is 0 Å². The van der Waals surface area contributed by atoms with Crippen LogP contribution in [-0.4, -0.2) is 15.0 Å². The lowest BCUT2D eigenvalue weighted by molar-refractivity contribution is -0.220. The molecule has 7 fully saturated rings. The fourth-order valence-electron chi connectivity index (χ4n) is 12.1. The summed E-state index contributed by atoms with van der Waals surface area (Å²) in [6, 6.07) is 47.9. The molecular weight excluding hydrogens is 607 g/mol. The maximum absolute atomic E-state index is 5.08. The Balaban J connectivity index is 0.943. The molecule has 13 rings (SSSR count). The molecule has 6 aromatic rings. The monoisotopic (exact) mass is 647 g/mol. The average Bonchev–Trinajstić information content (AvgIpc) is 3.20. The minimum atomic E-state index is 0.443. The Labute approximate surface area is 294 Å². The van der Waals surface area contributed by atoms with Gasteiger partial charge in [-0.3, -0.25) is 0 Å². The van der Waals surface area contributed by atoms with Gasteiger partial charge in [-0.1, -0.05) is 127 Å². The molecule has 50 heavy (non-hydrogen) atoms. The molecule has 0 amide bonds. The first kappa shape index (κ1) is 28.9. The van der Waals surface area contributed by atoms with Gasteiger partial charge >= 0.3 is 0 Å². The van der Waals surface area contributed by atoms with Gasteiger partial charge in [0.25, 0.3) is 0 Å². The second-order valence-corrected chi connectivity index (χ2v) is 16.1. The smallest absolute Gasteiger partial charge is 0.164 e. The zero-order chi connectivity index (χ0) is 32.8. The first-order valence-electron chi connectivity index (χ1n) is 18.9. The summed E-state index contributed by atoms with van der Waals surface area (Å²) in [5.74, 6) is 8.96. The molecule has 0 radical (unpaired) electrons. The third-order valence-electron chi connectivity index (χ3n) is 13.9. The molecule has 0 aliphatic heterocycles. The minimum absolute atomic E-state index is 0.443. The lowest BCUT2D eigenvalue weighted by Crippen LogP contribution is -2.69. The molecule has 244 valence electrons. The third kappa shape index (κ3) is 4.38. The van der Waals surface area contributed by atoms with Crippen molar-refractivity contribution in [3.8, 4) is 56.4 Å². The molecule has 3 nitrogen and oxygen atoms in total. The van der Waals surface area contributed by atoms with Crippen LogP contribution in [0.4, 0.5) is 0 Å². The van der Waals surface area contributed by atoms with Crippen LogP contribution < -0.4 is 0 Å². The van der Waals surface area contributed by atoms with E-state index in [-0.39, 0.29) is 0 Å². The van der Waals surface area contributed by atoms with Gasteiger partial charge in [-0.2, -0.15) is 0 Å². The Morgan fingerprint density at radius 1 is 0.380 bits per heavy atom. The molecule has 4 atom stereocenters. The van der Waals surface area contributed by atoms with Crippen LogP contribution in [0.15, 0.2) is 133 Å². The molecule has 5 aromatic carbocycles. The average molecular weight is 648 g/mol. The molecular formula is C47H41N3. The van der Waals surface area contributed by atoms with Crippen LogP contribution in [0.2, 0.25) is 0 Å². The molecule has 1 heterocycles. The highest BCUT2D eigenvalue weighted by Gasteiger charge is 2.70. The standard InChI is InChI=1S/C47H41N3/c1-3-8-31(9-4-1)32-14-16-35(17-15-32)45-48-44(34-10-5-2-6-11-34)49-46(50-45)37-13-7-12-36(27-37)33-18-20-38(21-19-33)47-28-30-23-40-39-22-29(25-42(40)47)26-43(47)41(39)24-30/h1-21,27,29-30,39-43H,22-26,28H2. The summed E-state index contributed by atoms with van der Waals surface area (Å²) in [6.45, 7) is 0. The normalized spacial score (nSPS) is 29.8. The molecule has 3 heteroatoms. The summed E-state index contributed by atoms with van der Waals surface area (Å²) in [6.07, 6.45) is 9.05. The largest absolute Gasteiger partial charge is 0.208 e. The van der Waals surface area contributed by atoms with Crippen molar-refractivity contribution in [2.24, 2.45) is 41.4 Å². The van der Waals surface area contributed by atoms with E-state index >= 15 is 0 Å². The van der Waals surface area contributed by atoms with E-state index in [4.69, 9.17) is 15.0 Å². The van der Waals surface area contributed by atoms with Crippen molar-refractivity contribution in [2.45, 2.75) is 43.9 Å². The van der Waals surface area contributed by atoms with Crippen LogP contribution in [-0.2, 0) is 5.41 Å². The topological polar surface area (TPSA) is 38.7 Å². The Morgan fingerprint density at radius 2 is 0.840 bits per heavy atom. The van der Waals surface area contributed by atoms with E-state index in [1.165, 1.54) is 54.4 Å². The van der Waals surface area contributed by atoms with Gasteiger partial charge in [0.2, 0.25) is 0 Å². The molecule has 8 bridgehead atoms. The maximum Gasteiger partial charge on any atom is 0.164 e. The number of benzene rings is 5. The second-order valence-electron chi connectivity index (χ2n) is 16.1. The van der Waals surface area contributed by atoms with Gasteiger partial charge in [-0.25, -0.2) is 15.0 Å². The SMILES string of the molecule is c1ccc(-c2ccc(-c3nc(-c4ccccc4)nc(-c4cccc(-c5ccc(C67CC8CC9C%10CC(CC96)CC7C%10C8)cc5)c4)n3)cc2)cc1. The zero-order valence-corrected chi connectivity index (χ0v) is 28.3. The van der Waals surface area contributed by atoms with E-state index < -0.39 is 0 Å². The number of nitrogens with zero attached hydrogens (tertiary/aromatic N) is 3. The van der Waals surface area contributed by atoms with Crippen LogP contribution in [0.5, 0.6) is 0 Å². The summed E-state index contributed by atoms with van der Waals surface area (Å²) < 4.78 is 0. The number of rotatable bonds is 6. The van der Waals surface area contributed by atoms with Crippen molar-refractivity contribution in [3.63, 3.8) is 0 Å². The third-order valence-corrected chi connectivity index (χ3v) is 13.9. The molecule has 4 unspecified atom stereocenters. The van der Waals surface area contributed by atoms with Gasteiger partial charge in [0.05, 0.1) is 0 Å². The highest BCUT2D eigenvalue weighted by Crippen LogP contribution is 2.76. The summed E-state index contributed by atoms with van der Waals surface area (Å²) in [7, 11) is 0. The zero-order valence-electron chi connectivity index (χ0n) is 28.3. The quantitative estimate of drug-likeness (QED) is 0.181. The van der Waals surface area contributed by atoms with E-state index in [1.54, 1.807) is 12.0 Å². The Kier molecular flexibility index (Phi) is 6.39. The van der Waals surface area contributed by atoms with Gasteiger partial charge in [-0.15, -0.1) is 0 Å². The Hall–Kier alpha value is -4.89. The fourth-order valence-corrected chi connectivity index (χ4v) is 12.1. The van der Waals surface area contributed by atoms with E-state index in [2.05, 4.69) is 115 Å². The van der Waals surface area contributed by atoms with Gasteiger partial charge < -0.3 is 0 Å². The first-order valence-corrected chi connectivity index (χ1v) is 18.9. The molecule has 7 aliphatic carbocycles. The van der Waals surface area contributed by atoms with E-state index in [0.717, 1.165) is 58.1 Å². The van der Waals surface area contributed by atoms with E-state index in [9.17, 15) is 0 Å². The molecule has 0 saturated heterocycles. The summed E-state index contributed by atoms with van der Waals surface area (Å²) in [4.78, 5) is 15.1. The molecule has 7 aliphatic rings. The summed E-state index contributed by atoms with van der Waals surface area (Å²) in [5, 5.41) is 0. The van der Waals surface area contributed by atoms with E-state index in [1.807, 2.05) is 18.2 Å². The van der Waals surface area contributed by atoms with Gasteiger partial charge in [0, 0.05) is 22.1 Å². The van der Waals surface area contributed by atoms with Crippen LogP contribution in [0, 0.1) is 41.4 Å². The Bertz CT molecular complexity index is 2180. The van der Waals surface area contributed by atoms with Crippen molar-refractivity contribution in [1.29, 1.82) is 0 Å². The first-order chi connectivity index (χ1) is 24.7. The number of aromatic nitrogens is 3. The van der Waals surface area contributed by atoms with Crippen LogP contribution in [0.25, 0.3) is 56.4 Å². The van der Waals surface area contributed by atoms with Crippen molar-refractivity contribution in [2.75, 3.05) is 0 Å². The minimum Gasteiger partial charge on any atom is -0.208 e. The fraction of sp³-hybridized carbons (Fsp3) is 0.298. The van der Waals surface area contributed by atoms with Gasteiger partial charge in [-0.05, 0) is 114 Å². The number of hydrogen-bond donors (Lipinski definition) is 0. The predicted molar refractivity (Wildman–Crippen MR) is 201 cm³/mol. The van der Waals surface area contributed by atoms with Crippen molar-refractivity contribution in [1.82, 2.24) is 15.0 Å². The predicted octanol–water partition coefficient (Wildman–Crippen LogP) is 11.2. The summed E-state index contributed by atoms with van der Waals surface area (Å²) in [5.41, 5.74) is 9.90. The highest BCUT2D eigenvalue weighted by atomic mass is 15.0. The molecule has 0 spiro atoms. The lowest BCUT2D eigenvalue weighted by atomic mass is 9.30. The number of hydrogen-bond acceptors (Lipinski definition) is 3. The van der Waals surface area contributed by atoms with Crippen molar-refractivity contribution < 1.29 is 0 Å². The molecule has 1 aromatic heterocycles. The van der Waals surface area contributed by atoms with E-state index in [0.29, 0.717) is 22.9 Å². The van der Waals surface area contributed by atoms with Gasteiger partial charge in [0.1, 0.15) is 0 Å². The molecule has 0 N–H and O–H groups in total. The maximum atomic E-state index is 5.08. The molecule has 7 saturated carbocycles. The van der Waals surface area contributed by atoms with Crippen molar-refractivity contribution >= 4 is 0 Å². The van der Waals surface area contributed by atoms with Gasteiger partial charge in [0.15, 0.2) is 17.5 Å². The van der Waals surface area contributed by atoms with Crippen molar-refractivity contribution in [3.05, 3.63) is 139 Å². The summed E-state index contributed by atoms with van der Waals surface area (Å²) >= 11 is 0. The highest BCUT2D eigenvalue weighted by molar-refractivity contribution is 5.74. The van der Waals surface area contributed by atoms with Crippen LogP contribution in [0.1, 0.15) is 44.1 Å². The second kappa shape index (κ2) is 11.1. The Morgan fingerprint density at radius 3 is 1.50 bits per heavy atom. The lowest BCUT2D eigenvalue weighted by Gasteiger charge is -2.74.